The summed E-state index contributed by atoms with van der Waals surface area (Å²) in [6.07, 6.45) is 0.225. The zero-order valence-electron chi connectivity index (χ0n) is 10.1. The van der Waals surface area contributed by atoms with Gasteiger partial charge in [-0.15, -0.1) is 0 Å². The molecule has 0 aromatic rings. The van der Waals surface area contributed by atoms with E-state index in [2.05, 4.69) is 9.50 Å². The first-order valence-corrected chi connectivity index (χ1v) is 8.56. The van der Waals surface area contributed by atoms with Gasteiger partial charge in [0.15, 0.2) is 9.84 Å². The highest BCUT2D eigenvalue weighted by molar-refractivity contribution is 7.91. The largest absolute Gasteiger partial charge is 0.481 e. The lowest BCUT2D eigenvalue weighted by atomic mass is 10.4. The van der Waals surface area contributed by atoms with Gasteiger partial charge >= 0.3 is 16.4 Å². The summed E-state index contributed by atoms with van der Waals surface area (Å²) in [5, 5.41) is 11.1. The molecule has 0 atom stereocenters. The molecule has 0 fully saturated rings. The number of hydrogen-bond acceptors (Lipinski definition) is 7. The first kappa shape index (κ1) is 18.2. The van der Waals surface area contributed by atoms with Crippen LogP contribution in [0.2, 0.25) is 0 Å². The predicted molar refractivity (Wildman–Crippen MR) is 65.9 cm³/mol. The molecular formula is C8H17NO8S2. The van der Waals surface area contributed by atoms with Crippen LogP contribution in [0.4, 0.5) is 0 Å². The number of carbonyl (C=O) groups is 1. The molecular weight excluding hydrogens is 302 g/mol. The van der Waals surface area contributed by atoms with Crippen molar-refractivity contribution >= 4 is 26.2 Å². The summed E-state index contributed by atoms with van der Waals surface area (Å²) in [5.41, 5.74) is 0. The molecule has 3 N–H and O–H groups in total. The first-order chi connectivity index (χ1) is 8.62. The topological polar surface area (TPSA) is 147 Å². The van der Waals surface area contributed by atoms with Crippen molar-refractivity contribution in [1.29, 1.82) is 0 Å². The van der Waals surface area contributed by atoms with Gasteiger partial charge in [-0.25, -0.2) is 12.6 Å². The molecule has 0 aliphatic heterocycles. The zero-order valence-corrected chi connectivity index (χ0v) is 11.7. The minimum Gasteiger partial charge on any atom is -0.481 e. The summed E-state index contributed by atoms with van der Waals surface area (Å²) in [6, 6.07) is 0. The van der Waals surface area contributed by atoms with Gasteiger partial charge in [-0.2, -0.15) is 8.42 Å². The second kappa shape index (κ2) is 8.43. The van der Waals surface area contributed by atoms with E-state index in [1.54, 1.807) is 0 Å². The van der Waals surface area contributed by atoms with E-state index in [-0.39, 0.29) is 25.1 Å². The Morgan fingerprint density at radius 3 is 2.26 bits per heavy atom. The molecule has 0 unspecified atom stereocenters. The Hall–Kier alpha value is -0.750. The van der Waals surface area contributed by atoms with E-state index >= 15 is 0 Å². The number of aliphatic carboxylic acids is 1. The number of carboxylic acid groups (broad SMARTS) is 1. The molecule has 114 valence electrons. The van der Waals surface area contributed by atoms with Crippen LogP contribution in [0.5, 0.6) is 0 Å². The summed E-state index contributed by atoms with van der Waals surface area (Å²) < 4.78 is 55.3. The first-order valence-electron chi connectivity index (χ1n) is 5.37. The SMILES string of the molecule is O=C(O)CCNCCCS(=O)(=O)CCOS(=O)(=O)O. The highest BCUT2D eigenvalue weighted by Gasteiger charge is 2.13. The normalized spacial score (nSPS) is 12.5. The molecule has 0 saturated heterocycles. The van der Waals surface area contributed by atoms with Crippen molar-refractivity contribution in [2.45, 2.75) is 12.8 Å². The van der Waals surface area contributed by atoms with E-state index in [0.717, 1.165) is 0 Å². The van der Waals surface area contributed by atoms with E-state index in [1.165, 1.54) is 0 Å². The fourth-order valence-corrected chi connectivity index (χ4v) is 2.63. The zero-order chi connectivity index (χ0) is 14.9. The maximum atomic E-state index is 11.4. The van der Waals surface area contributed by atoms with Crippen LogP contribution in [-0.2, 0) is 29.2 Å². The molecule has 0 aliphatic carbocycles. The van der Waals surface area contributed by atoms with Crippen molar-refractivity contribution in [2.24, 2.45) is 0 Å². The van der Waals surface area contributed by atoms with Gasteiger partial charge in [0.2, 0.25) is 0 Å². The van der Waals surface area contributed by atoms with Gasteiger partial charge in [-0.05, 0) is 13.0 Å². The van der Waals surface area contributed by atoms with Crippen LogP contribution in [0.25, 0.3) is 0 Å². The standard InChI is InChI=1S/C8H17NO8S2/c10-8(11)2-4-9-3-1-6-18(12,13)7-5-17-19(14,15)16/h9H,1-7H2,(H,10,11)(H,14,15,16). The minimum atomic E-state index is -4.62. The fourth-order valence-electron chi connectivity index (χ4n) is 1.11. The Kier molecular flexibility index (Phi) is 8.09. The van der Waals surface area contributed by atoms with E-state index in [4.69, 9.17) is 9.66 Å². The Morgan fingerprint density at radius 1 is 1.11 bits per heavy atom. The quantitative estimate of drug-likeness (QED) is 0.311. The van der Waals surface area contributed by atoms with E-state index in [9.17, 15) is 21.6 Å². The Bertz CT molecular complexity index is 469. The lowest BCUT2D eigenvalue weighted by Crippen LogP contribution is -2.23. The van der Waals surface area contributed by atoms with Crippen molar-refractivity contribution in [3.8, 4) is 0 Å². The third-order valence-electron chi connectivity index (χ3n) is 1.95. The monoisotopic (exact) mass is 319 g/mol. The molecule has 0 spiro atoms. The molecule has 0 radical (unpaired) electrons. The van der Waals surface area contributed by atoms with Crippen LogP contribution in [0.3, 0.4) is 0 Å². The van der Waals surface area contributed by atoms with Gasteiger partial charge in [0, 0.05) is 6.54 Å². The van der Waals surface area contributed by atoms with E-state index in [1.807, 2.05) is 0 Å². The third kappa shape index (κ3) is 13.5. The Morgan fingerprint density at radius 2 is 1.74 bits per heavy atom. The second-order valence-corrected chi connectivity index (χ2v) is 7.04. The Balaban J connectivity index is 3.71. The minimum absolute atomic E-state index is 0.0467. The third-order valence-corrected chi connectivity index (χ3v) is 4.12. The molecule has 11 heteroatoms. The summed E-state index contributed by atoms with van der Waals surface area (Å²) >= 11 is 0. The fraction of sp³-hybridized carbons (Fsp3) is 0.875. The van der Waals surface area contributed by atoms with Gasteiger partial charge in [-0.3, -0.25) is 9.35 Å². The van der Waals surface area contributed by atoms with Crippen molar-refractivity contribution < 1.29 is 35.5 Å². The van der Waals surface area contributed by atoms with E-state index < -0.39 is 38.6 Å². The average Bonchev–Trinajstić information content (AvgIpc) is 2.20. The van der Waals surface area contributed by atoms with Gasteiger partial charge in [-0.1, -0.05) is 0 Å². The molecule has 9 nitrogen and oxygen atoms in total. The number of carboxylic acids is 1. The maximum Gasteiger partial charge on any atom is 0.397 e. The average molecular weight is 319 g/mol. The molecule has 0 saturated carbocycles. The number of nitrogens with one attached hydrogen (secondary N) is 1. The van der Waals surface area contributed by atoms with Crippen LogP contribution >= 0.6 is 0 Å². The Labute approximate surface area is 111 Å². The summed E-state index contributed by atoms with van der Waals surface area (Å²) in [7, 11) is -8.08. The summed E-state index contributed by atoms with van der Waals surface area (Å²) in [6.45, 7) is -0.0411. The van der Waals surface area contributed by atoms with Crippen molar-refractivity contribution in [3.05, 3.63) is 0 Å². The molecule has 19 heavy (non-hydrogen) atoms. The molecule has 0 aliphatic rings. The summed E-state index contributed by atoms with van der Waals surface area (Å²) in [5.74, 6) is -1.63. The molecule has 0 heterocycles. The van der Waals surface area contributed by atoms with Crippen LogP contribution in [0.15, 0.2) is 0 Å². The van der Waals surface area contributed by atoms with Crippen LogP contribution in [0, 0.1) is 0 Å². The van der Waals surface area contributed by atoms with Crippen molar-refractivity contribution in [1.82, 2.24) is 5.32 Å². The number of sulfone groups is 1. The van der Waals surface area contributed by atoms with E-state index in [0.29, 0.717) is 6.54 Å². The molecule has 0 aromatic heterocycles. The highest BCUT2D eigenvalue weighted by atomic mass is 32.3. The summed E-state index contributed by atoms with van der Waals surface area (Å²) in [4.78, 5) is 10.2. The molecule has 0 rings (SSSR count). The highest BCUT2D eigenvalue weighted by Crippen LogP contribution is 1.96. The second-order valence-electron chi connectivity index (χ2n) is 3.65. The lowest BCUT2D eigenvalue weighted by molar-refractivity contribution is -0.136. The molecule has 0 bridgehead atoms. The van der Waals surface area contributed by atoms with Crippen LogP contribution < -0.4 is 5.32 Å². The van der Waals surface area contributed by atoms with Gasteiger partial charge in [0.1, 0.15) is 0 Å². The smallest absolute Gasteiger partial charge is 0.397 e. The lowest BCUT2D eigenvalue weighted by Gasteiger charge is -2.05. The predicted octanol–water partition coefficient (Wildman–Crippen LogP) is -1.32. The molecule has 0 aromatic carbocycles. The van der Waals surface area contributed by atoms with Crippen molar-refractivity contribution in [3.63, 3.8) is 0 Å². The molecule has 0 amide bonds. The van der Waals surface area contributed by atoms with Gasteiger partial charge in [0.05, 0.1) is 24.5 Å². The maximum absolute atomic E-state index is 11.4. The number of rotatable bonds is 11. The van der Waals surface area contributed by atoms with Crippen molar-refractivity contribution in [2.75, 3.05) is 31.2 Å². The van der Waals surface area contributed by atoms with Crippen LogP contribution in [-0.4, -0.2) is 63.7 Å². The van der Waals surface area contributed by atoms with Gasteiger partial charge in [0.25, 0.3) is 0 Å². The van der Waals surface area contributed by atoms with Gasteiger partial charge < -0.3 is 10.4 Å². The number of hydrogen-bond donors (Lipinski definition) is 3. The van der Waals surface area contributed by atoms with Crippen LogP contribution in [0.1, 0.15) is 12.8 Å².